The number of aromatic nitrogens is 4. The molecule has 24 heteroatoms. The minimum absolute atomic E-state index is 0.0135. The van der Waals surface area contributed by atoms with E-state index in [4.69, 9.17) is 62.9 Å². The Morgan fingerprint density at radius 3 is 1.91 bits per heavy atom. The van der Waals surface area contributed by atoms with Gasteiger partial charge in [-0.05, 0) is 74.6 Å². The maximum Gasteiger partial charge on any atom is 0.413 e. The number of ether oxygens (including phenoxy) is 6. The highest BCUT2D eigenvalue weighted by molar-refractivity contribution is 7.44. The fraction of sp³-hybridized carbons (Fsp3) is 0.473. The molecule has 420 valence electrons. The van der Waals surface area contributed by atoms with Gasteiger partial charge in [0.25, 0.3) is 8.53 Å². The van der Waals surface area contributed by atoms with Gasteiger partial charge < -0.3 is 48.1 Å². The number of alkyl carbamates (subject to hydrolysis) is 2. The van der Waals surface area contributed by atoms with Crippen LogP contribution in [-0.2, 0) is 33.6 Å². The Morgan fingerprint density at radius 2 is 1.37 bits per heavy atom. The molecule has 1 saturated heterocycles. The number of nitrogens with one attached hydrogen (secondary N) is 4. The summed E-state index contributed by atoms with van der Waals surface area (Å²) in [6.07, 6.45) is -1.91. The lowest BCUT2D eigenvalue weighted by molar-refractivity contribution is -0.0912. The molecule has 0 aliphatic carbocycles. The second-order valence-corrected chi connectivity index (χ2v) is 20.3. The van der Waals surface area contributed by atoms with Gasteiger partial charge in [-0.15, -0.1) is 0 Å². The van der Waals surface area contributed by atoms with E-state index in [9.17, 15) is 14.9 Å². The summed E-state index contributed by atoms with van der Waals surface area (Å²) in [5, 5.41) is 38.6. The summed E-state index contributed by atoms with van der Waals surface area (Å²) >= 11 is 0. The first-order chi connectivity index (χ1) is 38.2. The Labute approximate surface area is 462 Å². The van der Waals surface area contributed by atoms with E-state index in [-0.39, 0.29) is 82.7 Å². The number of anilines is 2. The van der Waals surface area contributed by atoms with E-state index < -0.39 is 44.7 Å². The maximum absolute atomic E-state index is 12.5. The van der Waals surface area contributed by atoms with Crippen molar-refractivity contribution in [3.63, 3.8) is 0 Å². The number of hydrogen-bond acceptors (Lipinski definition) is 20. The zero-order chi connectivity index (χ0) is 56.7. The van der Waals surface area contributed by atoms with Crippen molar-refractivity contribution in [1.29, 1.82) is 15.8 Å². The highest BCUT2D eigenvalue weighted by Crippen LogP contribution is 2.51. The van der Waals surface area contributed by atoms with Crippen LogP contribution in [-0.4, -0.2) is 127 Å². The van der Waals surface area contributed by atoms with Gasteiger partial charge in [0.05, 0.1) is 83.9 Å². The molecule has 6 rings (SSSR count). The number of nitriles is 3. The zero-order valence-electron chi connectivity index (χ0n) is 45.9. The number of carbonyl (C=O) groups is 2. The van der Waals surface area contributed by atoms with Crippen LogP contribution in [0.15, 0.2) is 90.2 Å². The van der Waals surface area contributed by atoms with Crippen molar-refractivity contribution in [1.82, 2.24) is 34.8 Å². The molecule has 1 aliphatic heterocycles. The summed E-state index contributed by atoms with van der Waals surface area (Å²) in [6, 6.07) is 31.6. The van der Waals surface area contributed by atoms with Gasteiger partial charge >= 0.3 is 12.2 Å². The Morgan fingerprint density at radius 1 is 0.797 bits per heavy atom. The van der Waals surface area contributed by atoms with Crippen LogP contribution in [0.4, 0.5) is 21.4 Å². The SMILES string of the molecule is COc1ccc(C(OC[C@H]2O[C@@H](n3cnc4c(NCCN=C(NC(=O)OCCC#N)NC(=O)OCCC#N)nc(NCC(C)C)nc43)C[C@@H]2OP(OCCC#N)N(C(C)C)C(C)C)(c2ccccc2)c2ccc(OC)cc2)cc1. The standard InChI is InChI=1S/C55H70N13O10P/c1-37(2)34-61-52-63-49(59-28-29-60-51(65-53(69)73-30-12-25-56)66-54(70)74-31-13-26-57)48-50(64-52)67(36-62-48)47-33-45(78-79(76-32-14-27-58)68(38(3)4)39(5)6)46(77-47)35-75-55(40-15-10-9-11-16-40,41-17-21-43(71-7)22-18-41)42-19-23-44(72-8)24-20-42/h9-11,15-24,36-39,45-47H,12-14,28-35H2,1-8H3,(H2,59,61,63,64)(H2,60,65,66,69,70)/t45-,46+,47+,79?/m0/s1. The Balaban J connectivity index is 1.39. The molecule has 1 aliphatic rings. The first kappa shape index (κ1) is 60.5. The number of imidazole rings is 1. The number of benzene rings is 3. The number of amides is 2. The van der Waals surface area contributed by atoms with Gasteiger partial charge in [-0.25, -0.2) is 19.2 Å². The second kappa shape index (κ2) is 30.5. The topological polar surface area (TPSA) is 287 Å². The molecule has 1 fully saturated rings. The molecule has 79 heavy (non-hydrogen) atoms. The van der Waals surface area contributed by atoms with E-state index in [1.165, 1.54) is 0 Å². The molecular formula is C55H70N13O10P. The fourth-order valence-electron chi connectivity index (χ4n) is 8.55. The predicted octanol–water partition coefficient (Wildman–Crippen LogP) is 8.92. The Hall–Kier alpha value is -7.68. The quantitative estimate of drug-likeness (QED) is 0.0119. The lowest BCUT2D eigenvalue weighted by Gasteiger charge is -2.39. The lowest BCUT2D eigenvalue weighted by atomic mass is 9.80. The van der Waals surface area contributed by atoms with Gasteiger partial charge in [-0.1, -0.05) is 68.4 Å². The third-order valence-corrected chi connectivity index (χ3v) is 14.3. The Bertz CT molecular complexity index is 2800. The highest BCUT2D eigenvalue weighted by atomic mass is 31.2. The predicted molar refractivity (Wildman–Crippen MR) is 296 cm³/mol. The zero-order valence-corrected chi connectivity index (χ0v) is 46.8. The molecule has 0 spiro atoms. The van der Waals surface area contributed by atoms with Gasteiger partial charge in [-0.3, -0.25) is 20.2 Å². The molecule has 4 N–H and O–H groups in total. The molecule has 0 bridgehead atoms. The minimum atomic E-state index is -1.74. The highest BCUT2D eigenvalue weighted by Gasteiger charge is 2.45. The lowest BCUT2D eigenvalue weighted by Crippen LogP contribution is -2.44. The monoisotopic (exact) mass is 1100 g/mol. The van der Waals surface area contributed by atoms with Crippen molar-refractivity contribution in [2.45, 2.75) is 103 Å². The molecule has 0 saturated carbocycles. The molecule has 2 amide bonds. The van der Waals surface area contributed by atoms with Crippen LogP contribution in [0.1, 0.15) is 90.1 Å². The van der Waals surface area contributed by atoms with Crippen molar-refractivity contribution < 1.29 is 47.1 Å². The van der Waals surface area contributed by atoms with E-state index in [1.807, 2.05) is 95.6 Å². The number of fused-ring (bicyclic) bond motifs is 1. The summed E-state index contributed by atoms with van der Waals surface area (Å²) in [5.41, 5.74) is 2.20. The van der Waals surface area contributed by atoms with E-state index in [2.05, 4.69) is 78.5 Å². The smallest absolute Gasteiger partial charge is 0.413 e. The third-order valence-electron chi connectivity index (χ3n) is 12.1. The number of aliphatic imine (C=N–C) groups is 1. The molecule has 4 atom stereocenters. The first-order valence-electron chi connectivity index (χ1n) is 26.0. The van der Waals surface area contributed by atoms with Crippen molar-refractivity contribution in [2.24, 2.45) is 10.9 Å². The largest absolute Gasteiger partial charge is 0.497 e. The van der Waals surface area contributed by atoms with Crippen LogP contribution in [0.3, 0.4) is 0 Å². The second-order valence-electron chi connectivity index (χ2n) is 18.9. The van der Waals surface area contributed by atoms with Crippen LogP contribution in [0, 0.1) is 39.9 Å². The molecule has 0 radical (unpaired) electrons. The fourth-order valence-corrected chi connectivity index (χ4v) is 10.3. The number of methoxy groups -OCH3 is 2. The number of nitrogens with zero attached hydrogens (tertiary/aromatic N) is 9. The van der Waals surface area contributed by atoms with E-state index >= 15 is 0 Å². The van der Waals surface area contributed by atoms with Crippen LogP contribution < -0.4 is 30.7 Å². The summed E-state index contributed by atoms with van der Waals surface area (Å²) in [7, 11) is 1.51. The normalized spacial score (nSPS) is 15.5. The van der Waals surface area contributed by atoms with Gasteiger partial charge in [0.2, 0.25) is 11.9 Å². The minimum Gasteiger partial charge on any atom is -0.497 e. The number of guanidine groups is 1. The molecule has 3 aromatic carbocycles. The van der Waals surface area contributed by atoms with Gasteiger partial charge in [-0.2, -0.15) is 25.8 Å². The van der Waals surface area contributed by atoms with Crippen molar-refractivity contribution in [3.05, 3.63) is 102 Å². The number of carbonyl (C=O) groups excluding carboxylic acids is 2. The van der Waals surface area contributed by atoms with Gasteiger partial charge in [0, 0.05) is 31.6 Å². The van der Waals surface area contributed by atoms with Crippen LogP contribution in [0.5, 0.6) is 11.5 Å². The maximum atomic E-state index is 12.5. The molecule has 3 heterocycles. The number of rotatable bonds is 28. The van der Waals surface area contributed by atoms with Crippen LogP contribution in [0.2, 0.25) is 0 Å². The van der Waals surface area contributed by atoms with Crippen molar-refractivity contribution in [2.75, 3.05) is 70.9 Å². The van der Waals surface area contributed by atoms with Gasteiger partial charge in [0.1, 0.15) is 42.6 Å². The number of hydrogen-bond donors (Lipinski definition) is 4. The van der Waals surface area contributed by atoms with Crippen molar-refractivity contribution >= 4 is 49.6 Å². The summed E-state index contributed by atoms with van der Waals surface area (Å²) in [4.78, 5) is 43.9. The van der Waals surface area contributed by atoms with E-state index in [1.54, 1.807) is 20.5 Å². The van der Waals surface area contributed by atoms with Gasteiger partial charge in [0.15, 0.2) is 17.0 Å². The average Bonchev–Trinajstić information content (AvgIpc) is 4.18. The molecular weight excluding hydrogens is 1030 g/mol. The third kappa shape index (κ3) is 16.7. The average molecular weight is 1100 g/mol. The molecule has 5 aromatic rings. The summed E-state index contributed by atoms with van der Waals surface area (Å²) in [6.45, 7) is 12.9. The van der Waals surface area contributed by atoms with E-state index in [0.717, 1.165) is 16.7 Å². The molecule has 23 nitrogen and oxygen atoms in total. The first-order valence-corrected chi connectivity index (χ1v) is 27.1. The summed E-state index contributed by atoms with van der Waals surface area (Å²) < 4.78 is 53.4. The Kier molecular flexibility index (Phi) is 23.3. The van der Waals surface area contributed by atoms with E-state index in [0.29, 0.717) is 47.4 Å². The summed E-state index contributed by atoms with van der Waals surface area (Å²) in [5.74, 6) is 1.99. The molecule has 2 aromatic heterocycles. The molecule has 1 unspecified atom stereocenters. The van der Waals surface area contributed by atoms with Crippen molar-refractivity contribution in [3.8, 4) is 29.7 Å². The van der Waals surface area contributed by atoms with Crippen LogP contribution in [0.25, 0.3) is 11.2 Å². The van der Waals surface area contributed by atoms with Crippen LogP contribution >= 0.6 is 8.53 Å².